The van der Waals surface area contributed by atoms with Gasteiger partial charge in [0.05, 0.1) is 59.8 Å². The molecule has 0 unspecified atom stereocenters. The van der Waals surface area contributed by atoms with E-state index in [9.17, 15) is 18.4 Å². The van der Waals surface area contributed by atoms with Crippen LogP contribution in [0.2, 0.25) is 0 Å². The van der Waals surface area contributed by atoms with Crippen molar-refractivity contribution in [1.82, 2.24) is 14.9 Å². The van der Waals surface area contributed by atoms with Crippen molar-refractivity contribution >= 4 is 29.2 Å². The quantitative estimate of drug-likeness (QED) is 0.478. The van der Waals surface area contributed by atoms with Gasteiger partial charge in [0.1, 0.15) is 23.1 Å². The lowest BCUT2D eigenvalue weighted by atomic mass is 10.0. The number of carbonyl (C=O) groups excluding carboxylic acids is 2. The normalized spacial score (nSPS) is 20.1. The molecule has 2 aromatic heterocycles. The molecule has 9 nitrogen and oxygen atoms in total. The van der Waals surface area contributed by atoms with E-state index in [1.165, 1.54) is 12.1 Å². The van der Waals surface area contributed by atoms with Crippen molar-refractivity contribution < 1.29 is 27.8 Å². The first-order chi connectivity index (χ1) is 19.1. The summed E-state index contributed by atoms with van der Waals surface area (Å²) in [4.78, 5) is 38.3. The number of ether oxygens (including phenoxy) is 2. The molecule has 2 atom stereocenters. The first-order valence-corrected chi connectivity index (χ1v) is 13.2. The molecule has 2 fully saturated rings. The fraction of sp³-hybridized carbons (Fsp3) is 0.379. The van der Waals surface area contributed by atoms with Crippen molar-refractivity contribution in [3.8, 4) is 11.3 Å². The van der Waals surface area contributed by atoms with Crippen LogP contribution in [0.5, 0.6) is 0 Å². The van der Waals surface area contributed by atoms with Crippen LogP contribution in [0.25, 0.3) is 11.3 Å². The fourth-order valence-corrected chi connectivity index (χ4v) is 5.42. The van der Waals surface area contributed by atoms with E-state index >= 15 is 0 Å². The summed E-state index contributed by atoms with van der Waals surface area (Å²) >= 11 is 0. The Kier molecular flexibility index (Phi) is 6.41. The minimum Gasteiger partial charge on any atom is -0.443 e. The van der Waals surface area contributed by atoms with E-state index in [0.717, 1.165) is 49.0 Å². The summed E-state index contributed by atoms with van der Waals surface area (Å²) in [6.07, 6.45) is 0.918. The summed E-state index contributed by atoms with van der Waals surface area (Å²) in [7, 11) is 0. The molecule has 0 saturated carbocycles. The van der Waals surface area contributed by atoms with Crippen LogP contribution in [0.1, 0.15) is 36.8 Å². The number of aromatic nitrogens is 2. The highest BCUT2D eigenvalue weighted by Gasteiger charge is 2.39. The highest BCUT2D eigenvalue weighted by atomic mass is 19.1. The van der Waals surface area contributed by atoms with Crippen LogP contribution in [-0.2, 0) is 16.0 Å². The van der Waals surface area contributed by atoms with E-state index in [2.05, 4.69) is 20.2 Å². The van der Waals surface area contributed by atoms with Crippen LogP contribution < -0.4 is 10.2 Å². The van der Waals surface area contributed by atoms with E-state index in [-0.39, 0.29) is 34.7 Å². The Morgan fingerprint density at radius 2 is 1.77 bits per heavy atom. The number of halogens is 2. The van der Waals surface area contributed by atoms with E-state index in [1.807, 2.05) is 6.07 Å². The summed E-state index contributed by atoms with van der Waals surface area (Å²) in [5, 5.41) is 3.12. The van der Waals surface area contributed by atoms with Crippen molar-refractivity contribution in [2.24, 2.45) is 11.8 Å². The Bertz CT molecular complexity index is 1460. The topological polar surface area (TPSA) is 96.9 Å². The molecule has 0 bridgehead atoms. The number of nitrogens with zero attached hydrogens (tertiary/aromatic N) is 4. The molecule has 1 aromatic carbocycles. The molecule has 0 radical (unpaired) electrons. The van der Waals surface area contributed by atoms with E-state index in [0.29, 0.717) is 17.7 Å². The molecule has 3 aliphatic rings. The number of hydrogen-bond acceptors (Lipinski definition) is 8. The molecule has 2 amide bonds. The zero-order valence-electron chi connectivity index (χ0n) is 22.4. The average Bonchev–Trinajstić information content (AvgIpc) is 3.57. The number of benzene rings is 1. The predicted molar refractivity (Wildman–Crippen MR) is 143 cm³/mol. The highest BCUT2D eigenvalue weighted by molar-refractivity contribution is 6.10. The Morgan fingerprint density at radius 3 is 2.40 bits per heavy atom. The highest BCUT2D eigenvalue weighted by Crippen LogP contribution is 2.37. The van der Waals surface area contributed by atoms with E-state index < -0.39 is 29.2 Å². The van der Waals surface area contributed by atoms with Gasteiger partial charge in [-0.25, -0.2) is 28.4 Å². The van der Waals surface area contributed by atoms with Crippen molar-refractivity contribution in [2.75, 3.05) is 36.5 Å². The molecule has 5 heterocycles. The lowest BCUT2D eigenvalue weighted by Gasteiger charge is -2.23. The van der Waals surface area contributed by atoms with Gasteiger partial charge in [-0.3, -0.25) is 4.79 Å². The summed E-state index contributed by atoms with van der Waals surface area (Å²) in [6, 6.07) is 8.65. The minimum absolute atomic E-state index is 0.0156. The third-order valence-electron chi connectivity index (χ3n) is 7.31. The number of imide groups is 1. The molecule has 0 aliphatic carbocycles. The summed E-state index contributed by atoms with van der Waals surface area (Å²) in [5.41, 5.74) is 0.342. The number of anilines is 3. The molecule has 40 heavy (non-hydrogen) atoms. The molecule has 3 aliphatic heterocycles. The number of nitrogens with one attached hydrogen (secondary N) is 1. The number of pyridine rings is 2. The second-order valence-corrected chi connectivity index (χ2v) is 11.3. The molecule has 6 rings (SSSR count). The SMILES string of the molecule is CC(C)(C)OC(=O)N1Cc2nc(-c3c(F)cccc3F)cc(Nc3ccc(N4C[C@H]5COC[C@H]5C4)cn3)c2C1=O. The van der Waals surface area contributed by atoms with Gasteiger partial charge < -0.3 is 19.7 Å². The van der Waals surface area contributed by atoms with Crippen molar-refractivity contribution in [2.45, 2.75) is 32.9 Å². The Hall–Kier alpha value is -4.12. The number of carbonyl (C=O) groups is 2. The van der Waals surface area contributed by atoms with Crippen LogP contribution >= 0.6 is 0 Å². The molecular formula is C29H29F2N5O4. The Morgan fingerprint density at radius 1 is 1.07 bits per heavy atom. The van der Waals surface area contributed by atoms with Crippen LogP contribution in [-0.4, -0.2) is 58.8 Å². The van der Waals surface area contributed by atoms with Gasteiger partial charge in [0.15, 0.2) is 0 Å². The summed E-state index contributed by atoms with van der Waals surface area (Å²) in [5.74, 6) is -0.753. The van der Waals surface area contributed by atoms with Gasteiger partial charge in [-0.05, 0) is 51.1 Å². The van der Waals surface area contributed by atoms with Gasteiger partial charge in [0.2, 0.25) is 0 Å². The number of fused-ring (bicyclic) bond motifs is 2. The van der Waals surface area contributed by atoms with Crippen LogP contribution in [0.3, 0.4) is 0 Å². The molecule has 2 saturated heterocycles. The maximum atomic E-state index is 14.7. The Labute approximate surface area is 230 Å². The smallest absolute Gasteiger partial charge is 0.417 e. The van der Waals surface area contributed by atoms with Crippen molar-refractivity contribution in [1.29, 1.82) is 0 Å². The third kappa shape index (κ3) is 4.85. The van der Waals surface area contributed by atoms with E-state index in [4.69, 9.17) is 9.47 Å². The van der Waals surface area contributed by atoms with Crippen LogP contribution in [0, 0.1) is 23.5 Å². The van der Waals surface area contributed by atoms with Gasteiger partial charge in [0, 0.05) is 24.9 Å². The largest absolute Gasteiger partial charge is 0.443 e. The van der Waals surface area contributed by atoms with E-state index in [1.54, 1.807) is 33.0 Å². The monoisotopic (exact) mass is 549 g/mol. The molecule has 208 valence electrons. The summed E-state index contributed by atoms with van der Waals surface area (Å²) in [6.45, 7) is 8.25. The van der Waals surface area contributed by atoms with Crippen molar-refractivity contribution in [3.05, 3.63) is 65.5 Å². The summed E-state index contributed by atoms with van der Waals surface area (Å²) < 4.78 is 40.4. The van der Waals surface area contributed by atoms with Gasteiger partial charge in [-0.2, -0.15) is 0 Å². The lowest BCUT2D eigenvalue weighted by molar-refractivity contribution is 0.0247. The molecule has 11 heteroatoms. The first-order valence-electron chi connectivity index (χ1n) is 13.2. The number of hydrogen-bond donors (Lipinski definition) is 1. The minimum atomic E-state index is -0.830. The van der Waals surface area contributed by atoms with Gasteiger partial charge in [0.25, 0.3) is 5.91 Å². The maximum Gasteiger partial charge on any atom is 0.417 e. The lowest BCUT2D eigenvalue weighted by Crippen LogP contribution is -2.37. The second kappa shape index (κ2) is 9.81. The maximum absolute atomic E-state index is 14.7. The van der Waals surface area contributed by atoms with Crippen LogP contribution in [0.4, 0.5) is 30.8 Å². The molecule has 3 aromatic rings. The van der Waals surface area contributed by atoms with Gasteiger partial charge in [-0.1, -0.05) is 6.07 Å². The zero-order valence-corrected chi connectivity index (χ0v) is 22.4. The molecular weight excluding hydrogens is 520 g/mol. The third-order valence-corrected chi connectivity index (χ3v) is 7.31. The van der Waals surface area contributed by atoms with Gasteiger partial charge >= 0.3 is 6.09 Å². The fourth-order valence-electron chi connectivity index (χ4n) is 5.42. The Balaban J connectivity index is 1.33. The number of amides is 2. The van der Waals surface area contributed by atoms with Crippen LogP contribution in [0.15, 0.2) is 42.6 Å². The predicted octanol–water partition coefficient (Wildman–Crippen LogP) is 5.14. The zero-order chi connectivity index (χ0) is 28.2. The standard InChI is InChI=1S/C29H29F2N5O4/c1-29(2,3)40-28(38)36-13-23-26(27(36)37)22(9-21(33-23)25-19(30)5-4-6-20(25)31)34-24-8-7-18(10-32-24)35-11-16-14-39-15-17(16)12-35/h4-10,16-17H,11-15H2,1-3H3,(H,32,33,34)/t16-,17+. The molecule has 0 spiro atoms. The molecule has 1 N–H and O–H groups in total. The average molecular weight is 550 g/mol. The van der Waals surface area contributed by atoms with Gasteiger partial charge in [-0.15, -0.1) is 0 Å². The number of rotatable bonds is 4. The first kappa shape index (κ1) is 26.1. The second-order valence-electron chi connectivity index (χ2n) is 11.3. The van der Waals surface area contributed by atoms with Crippen molar-refractivity contribution in [3.63, 3.8) is 0 Å².